The lowest BCUT2D eigenvalue weighted by Gasteiger charge is -2.35. The van der Waals surface area contributed by atoms with Gasteiger partial charge >= 0.3 is 0 Å². The van der Waals surface area contributed by atoms with E-state index in [-0.39, 0.29) is 18.3 Å². The van der Waals surface area contributed by atoms with Gasteiger partial charge in [0.15, 0.2) is 0 Å². The number of benzene rings is 1. The molecule has 112 valence electrons. The molecule has 1 heterocycles. The van der Waals surface area contributed by atoms with E-state index in [1.165, 1.54) is 4.90 Å². The molecular formula is C16H25NO2S. The molecule has 1 fully saturated rings. The lowest BCUT2D eigenvalue weighted by molar-refractivity contribution is -0.0702. The van der Waals surface area contributed by atoms with Crippen LogP contribution in [-0.4, -0.2) is 48.1 Å². The lowest BCUT2D eigenvalue weighted by atomic mass is 10.1. The normalized spacial score (nSPS) is 25.6. The van der Waals surface area contributed by atoms with Crippen molar-refractivity contribution in [2.24, 2.45) is 0 Å². The van der Waals surface area contributed by atoms with Crippen LogP contribution in [0.25, 0.3) is 0 Å². The molecule has 0 aliphatic carbocycles. The van der Waals surface area contributed by atoms with Crippen molar-refractivity contribution >= 4 is 11.8 Å². The smallest absolute Gasteiger partial charge is 0.0802 e. The van der Waals surface area contributed by atoms with E-state index in [2.05, 4.69) is 37.1 Å². The van der Waals surface area contributed by atoms with Gasteiger partial charge in [-0.3, -0.25) is 4.90 Å². The van der Waals surface area contributed by atoms with Crippen molar-refractivity contribution in [1.82, 2.24) is 4.90 Å². The summed E-state index contributed by atoms with van der Waals surface area (Å²) in [4.78, 5) is 3.62. The van der Waals surface area contributed by atoms with Crippen LogP contribution < -0.4 is 0 Å². The summed E-state index contributed by atoms with van der Waals surface area (Å²) in [5, 5.41) is 10.3. The third kappa shape index (κ3) is 4.48. The molecule has 0 spiro atoms. The first kappa shape index (κ1) is 15.8. The van der Waals surface area contributed by atoms with Gasteiger partial charge in [-0.25, -0.2) is 0 Å². The standard InChI is InChI=1S/C16H25NO2S/c1-12-10-17(11-13(2)19-12)9-8-16(18)14-4-6-15(20-3)7-5-14/h4-7,12-13,16,18H,8-11H2,1-3H3. The molecule has 1 aromatic carbocycles. The zero-order valence-electron chi connectivity index (χ0n) is 12.6. The van der Waals surface area contributed by atoms with Crippen molar-refractivity contribution in [3.63, 3.8) is 0 Å². The summed E-state index contributed by atoms with van der Waals surface area (Å²) >= 11 is 1.72. The number of thioether (sulfide) groups is 1. The summed E-state index contributed by atoms with van der Waals surface area (Å²) < 4.78 is 5.73. The quantitative estimate of drug-likeness (QED) is 0.847. The molecule has 1 saturated heterocycles. The molecule has 1 aliphatic heterocycles. The molecule has 2 rings (SSSR count). The van der Waals surface area contributed by atoms with E-state index in [0.717, 1.165) is 31.6 Å². The molecule has 1 N–H and O–H groups in total. The zero-order chi connectivity index (χ0) is 14.5. The Morgan fingerprint density at radius 3 is 2.40 bits per heavy atom. The van der Waals surface area contributed by atoms with E-state index < -0.39 is 0 Å². The Labute approximate surface area is 126 Å². The highest BCUT2D eigenvalue weighted by Crippen LogP contribution is 2.22. The Bertz CT molecular complexity index is 399. The first-order chi connectivity index (χ1) is 9.58. The van der Waals surface area contributed by atoms with Gasteiger partial charge in [-0.1, -0.05) is 12.1 Å². The largest absolute Gasteiger partial charge is 0.388 e. The molecule has 3 atom stereocenters. The SMILES string of the molecule is CSc1ccc(C(O)CCN2CC(C)OC(C)C2)cc1. The van der Waals surface area contributed by atoms with Crippen LogP contribution in [0.5, 0.6) is 0 Å². The second kappa shape index (κ2) is 7.46. The van der Waals surface area contributed by atoms with Crippen LogP contribution in [0.4, 0.5) is 0 Å². The first-order valence-corrected chi connectivity index (χ1v) is 8.50. The van der Waals surface area contributed by atoms with E-state index in [1.807, 2.05) is 12.1 Å². The fourth-order valence-corrected chi connectivity index (χ4v) is 3.17. The van der Waals surface area contributed by atoms with Gasteiger partial charge in [0.25, 0.3) is 0 Å². The Kier molecular flexibility index (Phi) is 5.90. The van der Waals surface area contributed by atoms with Crippen LogP contribution in [-0.2, 0) is 4.74 Å². The molecule has 0 bridgehead atoms. The number of nitrogens with zero attached hydrogens (tertiary/aromatic N) is 1. The average Bonchev–Trinajstić information content (AvgIpc) is 2.44. The summed E-state index contributed by atoms with van der Waals surface area (Å²) in [6.07, 6.45) is 3.04. The topological polar surface area (TPSA) is 32.7 Å². The summed E-state index contributed by atoms with van der Waals surface area (Å²) in [7, 11) is 0. The van der Waals surface area contributed by atoms with Crippen LogP contribution in [0.1, 0.15) is 31.9 Å². The number of hydrogen-bond acceptors (Lipinski definition) is 4. The van der Waals surface area contributed by atoms with Crippen LogP contribution in [0.2, 0.25) is 0 Å². The van der Waals surface area contributed by atoms with E-state index in [0.29, 0.717) is 0 Å². The van der Waals surface area contributed by atoms with Crippen LogP contribution in [0, 0.1) is 0 Å². The van der Waals surface area contributed by atoms with Crippen molar-refractivity contribution in [1.29, 1.82) is 0 Å². The molecule has 0 radical (unpaired) electrons. The monoisotopic (exact) mass is 295 g/mol. The van der Waals surface area contributed by atoms with E-state index in [4.69, 9.17) is 4.74 Å². The fraction of sp³-hybridized carbons (Fsp3) is 0.625. The number of rotatable bonds is 5. The highest BCUT2D eigenvalue weighted by atomic mass is 32.2. The minimum atomic E-state index is -0.376. The minimum absolute atomic E-state index is 0.289. The van der Waals surface area contributed by atoms with Gasteiger partial charge < -0.3 is 9.84 Å². The van der Waals surface area contributed by atoms with Gasteiger partial charge in [0.05, 0.1) is 18.3 Å². The number of aliphatic hydroxyl groups is 1. The van der Waals surface area contributed by atoms with Crippen molar-refractivity contribution in [3.05, 3.63) is 29.8 Å². The zero-order valence-corrected chi connectivity index (χ0v) is 13.4. The van der Waals surface area contributed by atoms with Crippen molar-refractivity contribution < 1.29 is 9.84 Å². The molecule has 0 aromatic heterocycles. The van der Waals surface area contributed by atoms with Crippen LogP contribution in [0.3, 0.4) is 0 Å². The molecule has 0 amide bonds. The highest BCUT2D eigenvalue weighted by Gasteiger charge is 2.22. The van der Waals surface area contributed by atoms with Gasteiger partial charge in [0.1, 0.15) is 0 Å². The Balaban J connectivity index is 1.83. The first-order valence-electron chi connectivity index (χ1n) is 7.28. The third-order valence-electron chi connectivity index (χ3n) is 3.71. The molecule has 0 saturated carbocycles. The minimum Gasteiger partial charge on any atom is -0.388 e. The van der Waals surface area contributed by atoms with Gasteiger partial charge in [0, 0.05) is 24.5 Å². The van der Waals surface area contributed by atoms with Gasteiger partial charge in [0.2, 0.25) is 0 Å². The van der Waals surface area contributed by atoms with Gasteiger partial charge in [-0.2, -0.15) is 0 Å². The predicted octanol–water partition coefficient (Wildman–Crippen LogP) is 2.94. The van der Waals surface area contributed by atoms with Gasteiger partial charge in [-0.05, 0) is 44.2 Å². The Morgan fingerprint density at radius 1 is 1.25 bits per heavy atom. The molecule has 20 heavy (non-hydrogen) atoms. The lowest BCUT2D eigenvalue weighted by Crippen LogP contribution is -2.45. The second-order valence-electron chi connectivity index (χ2n) is 5.59. The van der Waals surface area contributed by atoms with Crippen molar-refractivity contribution in [2.75, 3.05) is 25.9 Å². The number of morpholine rings is 1. The molecule has 3 unspecified atom stereocenters. The fourth-order valence-electron chi connectivity index (χ4n) is 2.76. The number of hydrogen-bond donors (Lipinski definition) is 1. The summed E-state index contributed by atoms with van der Waals surface area (Å²) in [6.45, 7) is 7.06. The molecular weight excluding hydrogens is 270 g/mol. The Hall–Kier alpha value is -0.550. The Morgan fingerprint density at radius 2 is 1.85 bits per heavy atom. The summed E-state index contributed by atoms with van der Waals surface area (Å²) in [5.41, 5.74) is 1.01. The number of aliphatic hydroxyl groups excluding tert-OH is 1. The predicted molar refractivity (Wildman–Crippen MR) is 84.2 cm³/mol. The molecule has 1 aliphatic rings. The maximum atomic E-state index is 10.3. The van der Waals surface area contributed by atoms with E-state index >= 15 is 0 Å². The number of ether oxygens (including phenoxy) is 1. The van der Waals surface area contributed by atoms with Crippen LogP contribution in [0.15, 0.2) is 29.2 Å². The average molecular weight is 295 g/mol. The van der Waals surface area contributed by atoms with Crippen molar-refractivity contribution in [3.8, 4) is 0 Å². The van der Waals surface area contributed by atoms with E-state index in [1.54, 1.807) is 11.8 Å². The second-order valence-corrected chi connectivity index (χ2v) is 6.47. The van der Waals surface area contributed by atoms with Crippen LogP contribution >= 0.6 is 11.8 Å². The van der Waals surface area contributed by atoms with Gasteiger partial charge in [-0.15, -0.1) is 11.8 Å². The van der Waals surface area contributed by atoms with Crippen molar-refractivity contribution in [2.45, 2.75) is 43.5 Å². The highest BCUT2D eigenvalue weighted by molar-refractivity contribution is 7.98. The maximum absolute atomic E-state index is 10.3. The summed E-state index contributed by atoms with van der Waals surface area (Å²) in [5.74, 6) is 0. The molecule has 1 aromatic rings. The third-order valence-corrected chi connectivity index (χ3v) is 4.46. The van der Waals surface area contributed by atoms with E-state index in [9.17, 15) is 5.11 Å². The molecule has 4 heteroatoms. The molecule has 3 nitrogen and oxygen atoms in total. The summed E-state index contributed by atoms with van der Waals surface area (Å²) in [6, 6.07) is 8.20. The maximum Gasteiger partial charge on any atom is 0.0802 e.